The molecule has 124 valence electrons. The van der Waals surface area contributed by atoms with E-state index in [1.807, 2.05) is 16.9 Å². The summed E-state index contributed by atoms with van der Waals surface area (Å²) in [4.78, 5) is 22.2. The molecule has 0 spiro atoms. The van der Waals surface area contributed by atoms with Gasteiger partial charge in [0.05, 0.1) is 29.3 Å². The van der Waals surface area contributed by atoms with Crippen LogP contribution in [0.15, 0.2) is 24.5 Å². The molecule has 1 N–H and O–H groups in total. The van der Waals surface area contributed by atoms with Crippen LogP contribution in [0, 0.1) is 23.0 Å². The highest BCUT2D eigenvalue weighted by Gasteiger charge is 2.20. The zero-order chi connectivity index (χ0) is 16.8. The lowest BCUT2D eigenvalue weighted by molar-refractivity contribution is -0.389. The number of carbonyl (C=O) groups is 1. The molecule has 0 saturated heterocycles. The Hall–Kier alpha value is -2.71. The summed E-state index contributed by atoms with van der Waals surface area (Å²) >= 11 is 0. The third-order valence-electron chi connectivity index (χ3n) is 3.47. The van der Waals surface area contributed by atoms with Gasteiger partial charge in [0.1, 0.15) is 0 Å². The lowest BCUT2D eigenvalue weighted by atomic mass is 10.1. The number of aryl methyl sites for hydroxylation is 2. The van der Waals surface area contributed by atoms with Gasteiger partial charge in [0.15, 0.2) is 0 Å². The molecule has 1 atom stereocenters. The van der Waals surface area contributed by atoms with Gasteiger partial charge in [0.2, 0.25) is 5.91 Å². The van der Waals surface area contributed by atoms with E-state index in [9.17, 15) is 14.9 Å². The van der Waals surface area contributed by atoms with Gasteiger partial charge in [0.25, 0.3) is 0 Å². The summed E-state index contributed by atoms with van der Waals surface area (Å²) in [6, 6.07) is 3.25. The van der Waals surface area contributed by atoms with Crippen LogP contribution >= 0.6 is 0 Å². The van der Waals surface area contributed by atoms with E-state index >= 15 is 0 Å². The second-order valence-electron chi connectivity index (χ2n) is 5.40. The van der Waals surface area contributed by atoms with Gasteiger partial charge < -0.3 is 15.4 Å². The van der Waals surface area contributed by atoms with Crippen molar-refractivity contribution in [2.45, 2.75) is 33.4 Å². The number of aromatic nitrogens is 4. The molecule has 0 aromatic carbocycles. The Morgan fingerprint density at radius 1 is 1.52 bits per heavy atom. The molecule has 23 heavy (non-hydrogen) atoms. The summed E-state index contributed by atoms with van der Waals surface area (Å²) in [7, 11) is 0. The third-order valence-corrected chi connectivity index (χ3v) is 3.47. The number of nitrogens with zero attached hydrogens (tertiary/aromatic N) is 5. The molecule has 0 aliphatic carbocycles. The molecule has 0 aliphatic rings. The first-order chi connectivity index (χ1) is 11.0. The summed E-state index contributed by atoms with van der Waals surface area (Å²) in [5, 5.41) is 21.5. The van der Waals surface area contributed by atoms with Crippen molar-refractivity contribution in [3.05, 3.63) is 40.3 Å². The maximum absolute atomic E-state index is 12.1. The van der Waals surface area contributed by atoms with Crippen LogP contribution < -0.4 is 5.32 Å². The van der Waals surface area contributed by atoms with Crippen LogP contribution in [-0.2, 0) is 17.9 Å². The van der Waals surface area contributed by atoms with Crippen molar-refractivity contribution in [1.82, 2.24) is 24.9 Å². The number of hydrogen-bond acceptors (Lipinski definition) is 5. The maximum Gasteiger partial charge on any atom is 0.390 e. The summed E-state index contributed by atoms with van der Waals surface area (Å²) in [6.45, 7) is 5.11. The average Bonchev–Trinajstić information content (AvgIpc) is 3.14. The molecular weight excluding hydrogens is 300 g/mol. The first kappa shape index (κ1) is 16.7. The first-order valence-corrected chi connectivity index (χ1v) is 7.41. The van der Waals surface area contributed by atoms with Gasteiger partial charge in [-0.2, -0.15) is 9.78 Å². The van der Waals surface area contributed by atoms with E-state index in [4.69, 9.17) is 0 Å². The molecule has 1 unspecified atom stereocenters. The van der Waals surface area contributed by atoms with Gasteiger partial charge in [-0.3, -0.25) is 9.48 Å². The molecule has 2 rings (SSSR count). The molecule has 9 nitrogen and oxygen atoms in total. The van der Waals surface area contributed by atoms with E-state index in [2.05, 4.69) is 15.5 Å². The topological polar surface area (TPSA) is 108 Å². The normalized spacial score (nSPS) is 12.1. The Morgan fingerprint density at radius 2 is 2.30 bits per heavy atom. The number of nitrogens with one attached hydrogen (secondary N) is 1. The molecule has 0 radical (unpaired) electrons. The predicted octanol–water partition coefficient (Wildman–Crippen LogP) is 1.14. The lowest BCUT2D eigenvalue weighted by Crippen LogP contribution is -2.33. The fourth-order valence-corrected chi connectivity index (χ4v) is 2.17. The molecule has 1 amide bonds. The predicted molar refractivity (Wildman–Crippen MR) is 82.6 cm³/mol. The van der Waals surface area contributed by atoms with Crippen LogP contribution in [0.1, 0.15) is 19.0 Å². The van der Waals surface area contributed by atoms with Crippen molar-refractivity contribution in [3.63, 3.8) is 0 Å². The van der Waals surface area contributed by atoms with Gasteiger partial charge in [-0.1, -0.05) is 6.92 Å². The smallest absolute Gasteiger partial charge is 0.358 e. The van der Waals surface area contributed by atoms with Crippen LogP contribution in [0.4, 0.5) is 5.82 Å². The Kier molecular flexibility index (Phi) is 5.45. The SMILES string of the molecule is Cc1cc([N+](=O)[O-])nn1CC(C)C(=O)NCCCn1cccn1. The van der Waals surface area contributed by atoms with E-state index in [0.29, 0.717) is 18.8 Å². The Labute approximate surface area is 133 Å². The van der Waals surface area contributed by atoms with Crippen molar-refractivity contribution in [3.8, 4) is 0 Å². The third kappa shape index (κ3) is 4.63. The zero-order valence-corrected chi connectivity index (χ0v) is 13.2. The van der Waals surface area contributed by atoms with Gasteiger partial charge in [-0.15, -0.1) is 0 Å². The van der Waals surface area contributed by atoms with Gasteiger partial charge >= 0.3 is 5.82 Å². The van der Waals surface area contributed by atoms with Crippen molar-refractivity contribution in [1.29, 1.82) is 0 Å². The van der Waals surface area contributed by atoms with E-state index in [1.165, 1.54) is 10.7 Å². The molecule has 0 bridgehead atoms. The number of hydrogen-bond donors (Lipinski definition) is 1. The molecule has 2 aromatic rings. The average molecular weight is 320 g/mol. The fraction of sp³-hybridized carbons (Fsp3) is 0.500. The quantitative estimate of drug-likeness (QED) is 0.446. The van der Waals surface area contributed by atoms with Crippen LogP contribution in [0.3, 0.4) is 0 Å². The highest BCUT2D eigenvalue weighted by molar-refractivity contribution is 5.78. The van der Waals surface area contributed by atoms with E-state index in [0.717, 1.165) is 13.0 Å². The minimum atomic E-state index is -0.538. The number of amides is 1. The summed E-state index contributed by atoms with van der Waals surface area (Å²) in [5.41, 5.74) is 0.662. The Balaban J connectivity index is 1.77. The summed E-state index contributed by atoms with van der Waals surface area (Å²) < 4.78 is 3.30. The van der Waals surface area contributed by atoms with Crippen LogP contribution in [0.2, 0.25) is 0 Å². The van der Waals surface area contributed by atoms with Crippen molar-refractivity contribution >= 4 is 11.7 Å². The Morgan fingerprint density at radius 3 is 2.91 bits per heavy atom. The standard InChI is InChI=1S/C14H20N6O3/c1-11(10-19-12(2)9-13(17-19)20(22)23)14(21)15-5-3-7-18-8-4-6-16-18/h4,6,8-9,11H,3,5,7,10H2,1-2H3,(H,15,21). The number of rotatable bonds is 8. The van der Waals surface area contributed by atoms with Gasteiger partial charge in [0, 0.05) is 25.5 Å². The van der Waals surface area contributed by atoms with E-state index in [-0.39, 0.29) is 17.6 Å². The monoisotopic (exact) mass is 320 g/mol. The zero-order valence-electron chi connectivity index (χ0n) is 13.2. The number of carbonyl (C=O) groups excluding carboxylic acids is 1. The minimum Gasteiger partial charge on any atom is -0.358 e. The second-order valence-corrected chi connectivity index (χ2v) is 5.40. The van der Waals surface area contributed by atoms with Gasteiger partial charge in [-0.05, 0) is 24.3 Å². The Bertz CT molecular complexity index is 664. The maximum atomic E-state index is 12.1. The lowest BCUT2D eigenvalue weighted by Gasteiger charge is -2.11. The van der Waals surface area contributed by atoms with Gasteiger partial charge in [-0.25, -0.2) is 0 Å². The molecule has 9 heteroatoms. The second kappa shape index (κ2) is 7.52. The van der Waals surface area contributed by atoms with Crippen molar-refractivity contribution in [2.24, 2.45) is 5.92 Å². The van der Waals surface area contributed by atoms with Crippen molar-refractivity contribution in [2.75, 3.05) is 6.54 Å². The van der Waals surface area contributed by atoms with E-state index < -0.39 is 4.92 Å². The van der Waals surface area contributed by atoms with Crippen LogP contribution in [0.5, 0.6) is 0 Å². The fourth-order valence-electron chi connectivity index (χ4n) is 2.17. The number of nitro groups is 1. The summed E-state index contributed by atoms with van der Waals surface area (Å²) in [6.07, 6.45) is 4.37. The first-order valence-electron chi connectivity index (χ1n) is 7.41. The molecular formula is C14H20N6O3. The molecule has 2 heterocycles. The van der Waals surface area contributed by atoms with E-state index in [1.54, 1.807) is 20.0 Å². The van der Waals surface area contributed by atoms with Crippen LogP contribution in [0.25, 0.3) is 0 Å². The highest BCUT2D eigenvalue weighted by atomic mass is 16.6. The largest absolute Gasteiger partial charge is 0.390 e. The molecule has 0 aliphatic heterocycles. The molecule has 0 fully saturated rings. The summed E-state index contributed by atoms with van der Waals surface area (Å²) in [5.74, 6) is -0.616. The highest BCUT2D eigenvalue weighted by Crippen LogP contribution is 2.12. The van der Waals surface area contributed by atoms with Crippen molar-refractivity contribution < 1.29 is 9.72 Å². The molecule has 0 saturated carbocycles. The molecule has 2 aromatic heterocycles. The minimum absolute atomic E-state index is 0.0944. The van der Waals surface area contributed by atoms with Crippen LogP contribution in [-0.4, -0.2) is 36.9 Å².